The highest BCUT2D eigenvalue weighted by Crippen LogP contribution is 2.38. The summed E-state index contributed by atoms with van der Waals surface area (Å²) < 4.78 is 11.1. The highest BCUT2D eigenvalue weighted by atomic mass is 31.2. The number of aromatic nitrogens is 2. The third-order valence-electron chi connectivity index (χ3n) is 5.40. The fourth-order valence-corrected chi connectivity index (χ4v) is 4.30. The lowest BCUT2D eigenvalue weighted by atomic mass is 9.94. The highest BCUT2D eigenvalue weighted by molar-refractivity contribution is 7.51. The van der Waals surface area contributed by atoms with Crippen LogP contribution in [0.3, 0.4) is 0 Å². The first-order valence-electron chi connectivity index (χ1n) is 9.34. The summed E-state index contributed by atoms with van der Waals surface area (Å²) in [5.74, 6) is 2.24. The average molecular weight is 377 g/mol. The Morgan fingerprint density at radius 2 is 1.81 bits per heavy atom. The average Bonchev–Trinajstić information content (AvgIpc) is 2.60. The molecule has 1 aliphatic rings. The summed E-state index contributed by atoms with van der Waals surface area (Å²) in [4.78, 5) is 30.0. The van der Waals surface area contributed by atoms with E-state index in [1.807, 2.05) is 0 Å². The highest BCUT2D eigenvalue weighted by Gasteiger charge is 2.24. The first-order valence-corrected chi connectivity index (χ1v) is 11.1. The van der Waals surface area contributed by atoms with Crippen LogP contribution in [0.25, 0.3) is 10.9 Å². The fraction of sp³-hybridized carbons (Fsp3) is 0.579. The predicted molar refractivity (Wildman–Crippen MR) is 105 cm³/mol. The van der Waals surface area contributed by atoms with E-state index in [1.165, 1.54) is 11.1 Å². The molecule has 1 saturated heterocycles. The Labute approximate surface area is 154 Å². The van der Waals surface area contributed by atoms with Gasteiger partial charge in [0.1, 0.15) is 11.6 Å². The van der Waals surface area contributed by atoms with Crippen molar-refractivity contribution >= 4 is 24.3 Å². The van der Waals surface area contributed by atoms with E-state index in [-0.39, 0.29) is 6.16 Å². The van der Waals surface area contributed by atoms with Crippen LogP contribution in [0.4, 0.5) is 5.82 Å². The molecule has 0 aliphatic carbocycles. The van der Waals surface area contributed by atoms with Gasteiger partial charge in [-0.2, -0.15) is 0 Å². The summed E-state index contributed by atoms with van der Waals surface area (Å²) in [6.45, 7) is 8.03. The van der Waals surface area contributed by atoms with Gasteiger partial charge in [-0.25, -0.2) is 9.97 Å². The summed E-state index contributed by atoms with van der Waals surface area (Å²) in [7, 11) is -3.89. The first-order chi connectivity index (χ1) is 12.3. The molecule has 0 atom stereocenters. The molecular weight excluding hydrogens is 349 g/mol. The number of piperidine rings is 1. The molecule has 0 radical (unpaired) electrons. The zero-order valence-corrected chi connectivity index (χ0v) is 16.7. The maximum Gasteiger partial charge on any atom is 0.325 e. The van der Waals surface area contributed by atoms with Crippen molar-refractivity contribution in [3.8, 4) is 0 Å². The van der Waals surface area contributed by atoms with Gasteiger partial charge in [-0.05, 0) is 62.3 Å². The summed E-state index contributed by atoms with van der Waals surface area (Å²) in [5.41, 5.74) is 3.47. The van der Waals surface area contributed by atoms with Crippen LogP contribution >= 0.6 is 7.60 Å². The Morgan fingerprint density at radius 3 is 2.42 bits per heavy atom. The van der Waals surface area contributed by atoms with Crippen LogP contribution in [-0.4, -0.2) is 39.0 Å². The summed E-state index contributed by atoms with van der Waals surface area (Å²) in [5, 5.41) is 1.10. The number of nitrogens with zero attached hydrogens (tertiary/aromatic N) is 3. The SMILES string of the molecule is CCc1nc(N2CCC(CCP(=O)(O)O)CC2)c2cc(C)c(C)cc2n1. The number of hydrogen-bond acceptors (Lipinski definition) is 4. The number of aryl methyl sites for hydroxylation is 3. The molecular formula is C19H28N3O3P. The van der Waals surface area contributed by atoms with Gasteiger partial charge in [0, 0.05) is 24.9 Å². The van der Waals surface area contributed by atoms with E-state index in [1.54, 1.807) is 0 Å². The third-order valence-corrected chi connectivity index (χ3v) is 6.24. The third kappa shape index (κ3) is 4.43. The number of fused-ring (bicyclic) bond motifs is 1. The Balaban J connectivity index is 1.82. The quantitative estimate of drug-likeness (QED) is 0.775. The second-order valence-electron chi connectivity index (χ2n) is 7.38. The van der Waals surface area contributed by atoms with Crippen molar-refractivity contribution in [2.45, 2.75) is 46.5 Å². The lowest BCUT2D eigenvalue weighted by Crippen LogP contribution is -2.35. The molecule has 3 rings (SSSR count). The molecule has 0 bridgehead atoms. The van der Waals surface area contributed by atoms with Gasteiger partial charge in [-0.3, -0.25) is 4.57 Å². The minimum Gasteiger partial charge on any atom is -0.356 e. The van der Waals surface area contributed by atoms with E-state index in [9.17, 15) is 4.57 Å². The van der Waals surface area contributed by atoms with Crippen molar-refractivity contribution in [2.24, 2.45) is 5.92 Å². The predicted octanol–water partition coefficient (Wildman–Crippen LogP) is 3.59. The van der Waals surface area contributed by atoms with E-state index in [2.05, 4.69) is 37.8 Å². The summed E-state index contributed by atoms with van der Waals surface area (Å²) in [6.07, 6.45) is 3.28. The molecule has 2 N–H and O–H groups in total. The standard InChI is InChI=1S/C19H28N3O3P/c1-4-18-20-17-12-14(3)13(2)11-16(17)19(21-18)22-8-5-15(6-9-22)7-10-26(23,24)25/h11-12,15H,4-10H2,1-3H3,(H2,23,24,25). The zero-order valence-electron chi connectivity index (χ0n) is 15.8. The number of benzene rings is 1. The molecule has 1 aromatic carbocycles. The lowest BCUT2D eigenvalue weighted by Gasteiger charge is -2.33. The Hall–Kier alpha value is -1.49. The monoisotopic (exact) mass is 377 g/mol. The van der Waals surface area contributed by atoms with Gasteiger partial charge in [-0.15, -0.1) is 0 Å². The molecule has 0 saturated carbocycles. The minimum atomic E-state index is -3.89. The zero-order chi connectivity index (χ0) is 18.9. The van der Waals surface area contributed by atoms with E-state index >= 15 is 0 Å². The smallest absolute Gasteiger partial charge is 0.325 e. The van der Waals surface area contributed by atoms with E-state index in [4.69, 9.17) is 19.8 Å². The van der Waals surface area contributed by atoms with E-state index < -0.39 is 7.60 Å². The van der Waals surface area contributed by atoms with Gasteiger partial charge < -0.3 is 14.7 Å². The normalized spacial score (nSPS) is 16.4. The lowest BCUT2D eigenvalue weighted by molar-refractivity contribution is 0.350. The number of hydrogen-bond donors (Lipinski definition) is 2. The van der Waals surface area contributed by atoms with Gasteiger partial charge in [0.2, 0.25) is 0 Å². The minimum absolute atomic E-state index is 0.00738. The molecule has 0 unspecified atom stereocenters. The van der Waals surface area contributed by atoms with E-state index in [0.29, 0.717) is 12.3 Å². The second kappa shape index (κ2) is 7.63. The van der Waals surface area contributed by atoms with Crippen molar-refractivity contribution < 1.29 is 14.4 Å². The first kappa shape index (κ1) is 19.3. The number of rotatable bonds is 5. The van der Waals surface area contributed by atoms with Crippen LogP contribution in [0.5, 0.6) is 0 Å². The van der Waals surface area contributed by atoms with Crippen molar-refractivity contribution in [2.75, 3.05) is 24.2 Å². The van der Waals surface area contributed by atoms with Crippen molar-refractivity contribution in [3.05, 3.63) is 29.1 Å². The molecule has 26 heavy (non-hydrogen) atoms. The number of anilines is 1. The van der Waals surface area contributed by atoms with Gasteiger partial charge in [0.05, 0.1) is 11.7 Å². The molecule has 1 aliphatic heterocycles. The molecule has 6 nitrogen and oxygen atoms in total. The van der Waals surface area contributed by atoms with E-state index in [0.717, 1.165) is 54.9 Å². The van der Waals surface area contributed by atoms with Crippen molar-refractivity contribution in [1.82, 2.24) is 9.97 Å². The topological polar surface area (TPSA) is 86.6 Å². The van der Waals surface area contributed by atoms with Gasteiger partial charge in [0.15, 0.2) is 0 Å². The maximum absolute atomic E-state index is 11.1. The van der Waals surface area contributed by atoms with Crippen LogP contribution in [0.2, 0.25) is 0 Å². The molecule has 2 heterocycles. The second-order valence-corrected chi connectivity index (χ2v) is 9.15. The fourth-order valence-electron chi connectivity index (χ4n) is 3.60. The van der Waals surface area contributed by atoms with Gasteiger partial charge in [-0.1, -0.05) is 6.92 Å². The molecule has 1 aromatic heterocycles. The molecule has 7 heteroatoms. The maximum atomic E-state index is 11.1. The summed E-state index contributed by atoms with van der Waals surface area (Å²) >= 11 is 0. The summed E-state index contributed by atoms with van der Waals surface area (Å²) in [6, 6.07) is 4.32. The molecule has 142 valence electrons. The van der Waals surface area contributed by atoms with Gasteiger partial charge in [0.25, 0.3) is 0 Å². The largest absolute Gasteiger partial charge is 0.356 e. The van der Waals surface area contributed by atoms with Gasteiger partial charge >= 0.3 is 7.60 Å². The van der Waals surface area contributed by atoms with Crippen LogP contribution < -0.4 is 4.90 Å². The van der Waals surface area contributed by atoms with Crippen LogP contribution in [0, 0.1) is 19.8 Å². The van der Waals surface area contributed by atoms with Crippen LogP contribution in [0.1, 0.15) is 43.1 Å². The Bertz CT molecular complexity index is 842. The molecule has 0 amide bonds. The van der Waals surface area contributed by atoms with Crippen molar-refractivity contribution in [1.29, 1.82) is 0 Å². The van der Waals surface area contributed by atoms with Crippen molar-refractivity contribution in [3.63, 3.8) is 0 Å². The Kier molecular flexibility index (Phi) is 5.66. The molecule has 1 fully saturated rings. The van der Waals surface area contributed by atoms with Crippen LogP contribution in [-0.2, 0) is 11.0 Å². The molecule has 0 spiro atoms. The molecule has 2 aromatic rings. The van der Waals surface area contributed by atoms with Crippen LogP contribution in [0.15, 0.2) is 12.1 Å². The Morgan fingerprint density at radius 1 is 1.15 bits per heavy atom.